The molecular weight excluding hydrogens is 221 g/mol. The van der Waals surface area contributed by atoms with Crippen LogP contribution in [0.2, 0.25) is 0 Å². The molecular formula is C8H10FN3O2S. The summed E-state index contributed by atoms with van der Waals surface area (Å²) in [5, 5.41) is 0. The summed E-state index contributed by atoms with van der Waals surface area (Å²) >= 11 is 0. The van der Waals surface area contributed by atoms with Crippen molar-refractivity contribution >= 4 is 10.0 Å². The SMILES string of the molecule is NC(N)=CNS(=O)(=O)c1ccc(F)cc1. The van der Waals surface area contributed by atoms with Crippen LogP contribution in [0.1, 0.15) is 0 Å². The summed E-state index contributed by atoms with van der Waals surface area (Å²) in [7, 11) is -3.73. The Morgan fingerprint density at radius 3 is 2.27 bits per heavy atom. The van der Waals surface area contributed by atoms with Crippen molar-refractivity contribution in [2.45, 2.75) is 4.90 Å². The molecule has 0 saturated heterocycles. The van der Waals surface area contributed by atoms with E-state index < -0.39 is 15.8 Å². The molecule has 0 aliphatic rings. The van der Waals surface area contributed by atoms with Gasteiger partial charge in [0, 0.05) is 0 Å². The van der Waals surface area contributed by atoms with Crippen LogP contribution >= 0.6 is 0 Å². The Balaban J connectivity index is 2.97. The maximum atomic E-state index is 12.5. The van der Waals surface area contributed by atoms with Crippen molar-refractivity contribution in [2.75, 3.05) is 0 Å². The molecule has 0 aliphatic heterocycles. The molecule has 0 aliphatic carbocycles. The minimum absolute atomic E-state index is 0.0681. The van der Waals surface area contributed by atoms with Crippen LogP contribution in [0, 0.1) is 5.82 Å². The first-order valence-electron chi connectivity index (χ1n) is 3.91. The van der Waals surface area contributed by atoms with E-state index in [0.29, 0.717) is 0 Å². The number of hydrogen-bond acceptors (Lipinski definition) is 4. The summed E-state index contributed by atoms with van der Waals surface area (Å²) in [6, 6.07) is 4.37. The van der Waals surface area contributed by atoms with Gasteiger partial charge in [-0.2, -0.15) is 0 Å². The van der Waals surface area contributed by atoms with E-state index in [9.17, 15) is 12.8 Å². The van der Waals surface area contributed by atoms with E-state index in [1.165, 1.54) is 0 Å². The third-order valence-corrected chi connectivity index (χ3v) is 2.83. The van der Waals surface area contributed by atoms with Gasteiger partial charge in [0.05, 0.1) is 11.1 Å². The predicted molar refractivity (Wildman–Crippen MR) is 53.2 cm³/mol. The monoisotopic (exact) mass is 231 g/mol. The molecule has 7 heteroatoms. The first-order valence-corrected chi connectivity index (χ1v) is 5.39. The van der Waals surface area contributed by atoms with Crippen molar-refractivity contribution in [3.8, 4) is 0 Å². The summed E-state index contributed by atoms with van der Waals surface area (Å²) in [5.41, 5.74) is 10.1. The van der Waals surface area contributed by atoms with Gasteiger partial charge >= 0.3 is 0 Å². The molecule has 82 valence electrons. The highest BCUT2D eigenvalue weighted by Gasteiger charge is 2.11. The molecule has 0 heterocycles. The van der Waals surface area contributed by atoms with Gasteiger partial charge in [0.15, 0.2) is 0 Å². The van der Waals surface area contributed by atoms with Gasteiger partial charge in [0.2, 0.25) is 0 Å². The molecule has 0 fully saturated rings. The number of nitrogens with one attached hydrogen (secondary N) is 1. The zero-order valence-electron chi connectivity index (χ0n) is 7.64. The van der Waals surface area contributed by atoms with Crippen molar-refractivity contribution in [2.24, 2.45) is 11.5 Å². The molecule has 1 rings (SSSR count). The van der Waals surface area contributed by atoms with Gasteiger partial charge in [-0.1, -0.05) is 0 Å². The quantitative estimate of drug-likeness (QED) is 0.672. The van der Waals surface area contributed by atoms with Crippen molar-refractivity contribution in [3.05, 3.63) is 42.1 Å². The van der Waals surface area contributed by atoms with Crippen LogP contribution < -0.4 is 16.2 Å². The molecule has 0 unspecified atom stereocenters. The summed E-state index contributed by atoms with van der Waals surface area (Å²) in [6.45, 7) is 0. The van der Waals surface area contributed by atoms with Gasteiger partial charge < -0.3 is 11.5 Å². The lowest BCUT2D eigenvalue weighted by atomic mass is 10.4. The minimum Gasteiger partial charge on any atom is -0.384 e. The molecule has 0 atom stereocenters. The highest BCUT2D eigenvalue weighted by atomic mass is 32.2. The van der Waals surface area contributed by atoms with Gasteiger partial charge in [-0.05, 0) is 24.3 Å². The maximum absolute atomic E-state index is 12.5. The van der Waals surface area contributed by atoms with Crippen LogP contribution in [0.3, 0.4) is 0 Å². The fourth-order valence-corrected chi connectivity index (χ4v) is 1.75. The first-order chi connectivity index (χ1) is 6.92. The lowest BCUT2D eigenvalue weighted by Gasteiger charge is -2.03. The second-order valence-electron chi connectivity index (χ2n) is 2.72. The molecule has 1 aromatic rings. The van der Waals surface area contributed by atoms with Crippen LogP contribution in [0.15, 0.2) is 41.2 Å². The number of benzene rings is 1. The van der Waals surface area contributed by atoms with E-state index in [0.717, 1.165) is 30.5 Å². The Morgan fingerprint density at radius 2 is 1.80 bits per heavy atom. The average molecular weight is 231 g/mol. The standard InChI is InChI=1S/C8H10FN3O2S/c9-6-1-3-7(4-2-6)15(13,14)12-5-8(10)11/h1-5,12H,10-11H2. The Labute approximate surface area is 86.6 Å². The maximum Gasteiger partial charge on any atom is 0.261 e. The van der Waals surface area contributed by atoms with E-state index in [2.05, 4.69) is 0 Å². The van der Waals surface area contributed by atoms with Gasteiger partial charge in [-0.15, -0.1) is 0 Å². The number of rotatable bonds is 3. The Bertz CT molecular complexity index is 463. The fraction of sp³-hybridized carbons (Fsp3) is 0. The number of hydrogen-bond donors (Lipinski definition) is 3. The van der Waals surface area contributed by atoms with E-state index in [1.807, 2.05) is 4.72 Å². The van der Waals surface area contributed by atoms with E-state index in [4.69, 9.17) is 11.5 Å². The van der Waals surface area contributed by atoms with E-state index >= 15 is 0 Å². The molecule has 0 saturated carbocycles. The van der Waals surface area contributed by atoms with Crippen LogP contribution in [-0.2, 0) is 10.0 Å². The summed E-state index contributed by atoms with van der Waals surface area (Å²) in [5.74, 6) is -0.677. The third kappa shape index (κ3) is 3.13. The lowest BCUT2D eigenvalue weighted by Crippen LogP contribution is -2.22. The fourth-order valence-electron chi connectivity index (χ4n) is 0.827. The third-order valence-electron chi connectivity index (χ3n) is 1.50. The molecule has 15 heavy (non-hydrogen) atoms. The largest absolute Gasteiger partial charge is 0.384 e. The van der Waals surface area contributed by atoms with E-state index in [-0.39, 0.29) is 10.7 Å². The van der Waals surface area contributed by atoms with Crippen molar-refractivity contribution in [1.82, 2.24) is 4.72 Å². The summed E-state index contributed by atoms with van der Waals surface area (Å²) in [4.78, 5) is -0.0681. The van der Waals surface area contributed by atoms with Crippen LogP contribution in [-0.4, -0.2) is 8.42 Å². The van der Waals surface area contributed by atoms with Crippen LogP contribution in [0.4, 0.5) is 4.39 Å². The highest BCUT2D eigenvalue weighted by molar-refractivity contribution is 7.89. The molecule has 0 aromatic heterocycles. The topological polar surface area (TPSA) is 98.2 Å². The molecule has 0 amide bonds. The van der Waals surface area contributed by atoms with Crippen molar-refractivity contribution in [1.29, 1.82) is 0 Å². The van der Waals surface area contributed by atoms with Gasteiger partial charge in [-0.25, -0.2) is 12.8 Å². The average Bonchev–Trinajstić information content (AvgIpc) is 2.16. The highest BCUT2D eigenvalue weighted by Crippen LogP contribution is 2.09. The Kier molecular flexibility index (Phi) is 3.15. The molecule has 0 spiro atoms. The smallest absolute Gasteiger partial charge is 0.261 e. The molecule has 5 N–H and O–H groups in total. The van der Waals surface area contributed by atoms with Crippen LogP contribution in [0.5, 0.6) is 0 Å². The lowest BCUT2D eigenvalue weighted by molar-refractivity contribution is 0.589. The predicted octanol–water partition coefficient (Wildman–Crippen LogP) is -0.180. The minimum atomic E-state index is -3.73. The zero-order valence-corrected chi connectivity index (χ0v) is 8.46. The Morgan fingerprint density at radius 1 is 1.27 bits per heavy atom. The van der Waals surface area contributed by atoms with Gasteiger partial charge in [0.25, 0.3) is 10.0 Å². The van der Waals surface area contributed by atoms with Crippen molar-refractivity contribution < 1.29 is 12.8 Å². The number of halogens is 1. The molecule has 5 nitrogen and oxygen atoms in total. The van der Waals surface area contributed by atoms with Gasteiger partial charge in [0.1, 0.15) is 11.6 Å². The zero-order chi connectivity index (χ0) is 11.5. The number of nitrogens with two attached hydrogens (primary N) is 2. The first kappa shape index (κ1) is 11.3. The van der Waals surface area contributed by atoms with Gasteiger partial charge in [-0.3, -0.25) is 4.72 Å². The molecule has 1 aromatic carbocycles. The Hall–Kier alpha value is -1.76. The van der Waals surface area contributed by atoms with Crippen molar-refractivity contribution in [3.63, 3.8) is 0 Å². The normalized spacial score (nSPS) is 10.7. The summed E-state index contributed by atoms with van der Waals surface area (Å²) in [6.07, 6.45) is 0.943. The van der Waals surface area contributed by atoms with Crippen LogP contribution in [0.25, 0.3) is 0 Å². The molecule has 0 bridgehead atoms. The second-order valence-corrected chi connectivity index (χ2v) is 4.43. The van der Waals surface area contributed by atoms with E-state index in [1.54, 1.807) is 0 Å². The summed E-state index contributed by atoms with van der Waals surface area (Å²) < 4.78 is 37.5. The second kappa shape index (κ2) is 4.18. The molecule has 0 radical (unpaired) electrons. The number of sulfonamides is 1.